The normalized spacial score (nSPS) is 17.5. The second-order valence-electron chi connectivity index (χ2n) is 8.13. The van der Waals surface area contributed by atoms with Gasteiger partial charge in [-0.15, -0.1) is 0 Å². The molecule has 0 bridgehead atoms. The Morgan fingerprint density at radius 2 is 1.79 bits per heavy atom. The first-order valence-corrected chi connectivity index (χ1v) is 10.9. The lowest BCUT2D eigenvalue weighted by molar-refractivity contribution is -0.121. The predicted octanol–water partition coefficient (Wildman–Crippen LogP) is 3.68. The molecule has 4 aromatic rings. The molecule has 2 aliphatic rings. The van der Waals surface area contributed by atoms with Gasteiger partial charge in [0.25, 0.3) is 5.91 Å². The maximum Gasteiger partial charge on any atom is 0.252 e. The Balaban J connectivity index is 1.60. The number of pyridine rings is 1. The monoisotopic (exact) mass is 475 g/mol. The molecule has 1 fully saturated rings. The van der Waals surface area contributed by atoms with E-state index in [1.807, 2.05) is 6.07 Å². The van der Waals surface area contributed by atoms with Gasteiger partial charge >= 0.3 is 0 Å². The number of hydrogen-bond donors (Lipinski definition) is 1. The van der Waals surface area contributed by atoms with E-state index in [-0.39, 0.29) is 40.9 Å². The lowest BCUT2D eigenvalue weighted by Gasteiger charge is -2.23. The van der Waals surface area contributed by atoms with Crippen LogP contribution >= 0.6 is 11.6 Å². The summed E-state index contributed by atoms with van der Waals surface area (Å²) in [5.74, 6) is -1.65. The highest BCUT2D eigenvalue weighted by Gasteiger charge is 2.40. The van der Waals surface area contributed by atoms with E-state index in [4.69, 9.17) is 11.6 Å². The number of rotatable bonds is 3. The summed E-state index contributed by atoms with van der Waals surface area (Å²) in [6.07, 6.45) is 3.33. The molecule has 1 saturated heterocycles. The molecule has 4 heterocycles. The zero-order valence-electron chi connectivity index (χ0n) is 17.5. The van der Waals surface area contributed by atoms with E-state index >= 15 is 0 Å². The summed E-state index contributed by atoms with van der Waals surface area (Å²) >= 11 is 6.35. The van der Waals surface area contributed by atoms with Gasteiger partial charge in [-0.25, -0.2) is 13.9 Å². The summed E-state index contributed by atoms with van der Waals surface area (Å²) in [5.41, 5.74) is 3.28. The second kappa shape index (κ2) is 7.46. The Bertz CT molecular complexity index is 1530. The van der Waals surface area contributed by atoms with Crippen LogP contribution in [-0.2, 0) is 9.59 Å². The Kier molecular flexibility index (Phi) is 4.50. The fraction of sp³-hybridized carbons (Fsp3) is 0.125. The van der Waals surface area contributed by atoms with E-state index in [1.54, 1.807) is 28.9 Å². The van der Waals surface area contributed by atoms with Crippen molar-refractivity contribution in [2.75, 3.05) is 4.90 Å². The maximum atomic E-state index is 14.1. The third kappa shape index (κ3) is 3.08. The van der Waals surface area contributed by atoms with Crippen LogP contribution in [-0.4, -0.2) is 32.3 Å². The molecular weight excluding hydrogens is 461 g/mol. The van der Waals surface area contributed by atoms with Gasteiger partial charge in [0.2, 0.25) is 11.8 Å². The number of benzene rings is 2. The van der Waals surface area contributed by atoms with Crippen molar-refractivity contribution < 1.29 is 18.8 Å². The van der Waals surface area contributed by atoms with Gasteiger partial charge in [0, 0.05) is 46.3 Å². The zero-order valence-corrected chi connectivity index (χ0v) is 18.2. The van der Waals surface area contributed by atoms with Crippen molar-refractivity contribution in [3.05, 3.63) is 82.5 Å². The molecule has 6 rings (SSSR count). The first-order valence-electron chi connectivity index (χ1n) is 10.5. The molecule has 0 saturated carbocycles. The van der Waals surface area contributed by atoms with Crippen LogP contribution in [0.15, 0.2) is 55.0 Å². The molecule has 1 atom stereocenters. The molecule has 34 heavy (non-hydrogen) atoms. The van der Waals surface area contributed by atoms with E-state index in [0.717, 1.165) is 4.90 Å². The first kappa shape index (κ1) is 20.5. The highest BCUT2D eigenvalue weighted by molar-refractivity contribution is 6.31. The molecule has 0 spiro atoms. The minimum absolute atomic E-state index is 0.0789. The molecular formula is C24H15ClFN5O3. The van der Waals surface area contributed by atoms with Crippen LogP contribution < -0.4 is 10.2 Å². The number of fused-ring (bicyclic) bond motifs is 2. The number of amides is 3. The molecule has 1 N–H and O–H groups in total. The van der Waals surface area contributed by atoms with Crippen LogP contribution in [0.3, 0.4) is 0 Å². The predicted molar refractivity (Wildman–Crippen MR) is 121 cm³/mol. The largest absolute Gasteiger partial charge is 0.341 e. The van der Waals surface area contributed by atoms with Crippen molar-refractivity contribution in [3.8, 4) is 11.1 Å². The number of aromatic nitrogens is 3. The fourth-order valence-electron chi connectivity index (χ4n) is 4.56. The lowest BCUT2D eigenvalue weighted by Crippen LogP contribution is -2.30. The molecule has 0 radical (unpaired) electrons. The van der Waals surface area contributed by atoms with E-state index < -0.39 is 17.8 Å². The Hall–Kier alpha value is -4.11. The average Bonchev–Trinajstić information content (AvgIpc) is 3.52. The first-order chi connectivity index (χ1) is 16.4. The molecule has 2 aromatic heterocycles. The van der Waals surface area contributed by atoms with Gasteiger partial charge in [0.05, 0.1) is 11.7 Å². The van der Waals surface area contributed by atoms with E-state index in [0.29, 0.717) is 27.9 Å². The minimum Gasteiger partial charge on any atom is -0.341 e. The van der Waals surface area contributed by atoms with Crippen molar-refractivity contribution >= 4 is 40.7 Å². The molecule has 10 heteroatoms. The van der Waals surface area contributed by atoms with Gasteiger partial charge < -0.3 is 5.32 Å². The topological polar surface area (TPSA) is 96.7 Å². The summed E-state index contributed by atoms with van der Waals surface area (Å²) in [6, 6.07) is 10.0. The second-order valence-corrected chi connectivity index (χ2v) is 8.54. The summed E-state index contributed by atoms with van der Waals surface area (Å²) in [5, 5.41) is 7.23. The van der Waals surface area contributed by atoms with Gasteiger partial charge in [-0.2, -0.15) is 5.10 Å². The Morgan fingerprint density at radius 1 is 1.00 bits per heavy atom. The number of nitrogens with one attached hydrogen (secondary N) is 1. The fourth-order valence-corrected chi connectivity index (χ4v) is 4.79. The number of carbonyl (C=O) groups excluding carboxylic acids is 3. The standard InChI is InChI=1S/C24H15ClFN5O3/c25-17-3-2-14(26)9-15(17)23-22-16(24(34)29-23)7-13(8-18(22)31-20(32)5-6-21(31)33)12-1-4-19-27-11-28-30(19)10-12/h1-4,7-11,23H,5-6H2,(H,29,34). The van der Waals surface area contributed by atoms with Crippen LogP contribution in [0.1, 0.15) is 40.4 Å². The molecule has 3 amide bonds. The molecule has 0 aliphatic carbocycles. The van der Waals surface area contributed by atoms with Gasteiger partial charge in [-0.1, -0.05) is 11.6 Å². The van der Waals surface area contributed by atoms with E-state index in [9.17, 15) is 18.8 Å². The summed E-state index contributed by atoms with van der Waals surface area (Å²) in [7, 11) is 0. The number of imide groups is 1. The van der Waals surface area contributed by atoms with Crippen LogP contribution in [0.5, 0.6) is 0 Å². The minimum atomic E-state index is -0.825. The van der Waals surface area contributed by atoms with Crippen LogP contribution in [0.4, 0.5) is 10.1 Å². The Morgan fingerprint density at radius 3 is 2.59 bits per heavy atom. The van der Waals surface area contributed by atoms with Crippen molar-refractivity contribution in [3.63, 3.8) is 0 Å². The van der Waals surface area contributed by atoms with Crippen molar-refractivity contribution in [1.29, 1.82) is 0 Å². The molecule has 1 unspecified atom stereocenters. The van der Waals surface area contributed by atoms with E-state index in [1.165, 1.54) is 24.5 Å². The maximum absolute atomic E-state index is 14.1. The zero-order chi connectivity index (χ0) is 23.6. The average molecular weight is 476 g/mol. The number of nitrogens with zero attached hydrogens (tertiary/aromatic N) is 4. The van der Waals surface area contributed by atoms with Crippen molar-refractivity contribution in [1.82, 2.24) is 19.9 Å². The molecule has 2 aromatic carbocycles. The van der Waals surface area contributed by atoms with E-state index in [2.05, 4.69) is 15.4 Å². The smallest absolute Gasteiger partial charge is 0.252 e. The highest BCUT2D eigenvalue weighted by atomic mass is 35.5. The van der Waals surface area contributed by atoms with Crippen LogP contribution in [0.2, 0.25) is 5.02 Å². The lowest BCUT2D eigenvalue weighted by atomic mass is 9.92. The summed E-state index contributed by atoms with van der Waals surface area (Å²) in [6.45, 7) is 0. The van der Waals surface area contributed by atoms with Crippen molar-refractivity contribution in [2.24, 2.45) is 0 Å². The van der Waals surface area contributed by atoms with Gasteiger partial charge in [0.15, 0.2) is 5.65 Å². The SMILES string of the molecule is O=C1NC(c2cc(F)ccc2Cl)c2c1cc(-c1ccc3ncnn3c1)cc2N1C(=O)CCC1=O. The highest BCUT2D eigenvalue weighted by Crippen LogP contribution is 2.44. The summed E-state index contributed by atoms with van der Waals surface area (Å²) in [4.78, 5) is 43.7. The van der Waals surface area contributed by atoms with Crippen molar-refractivity contribution in [2.45, 2.75) is 18.9 Å². The number of anilines is 1. The van der Waals surface area contributed by atoms with Crippen LogP contribution in [0.25, 0.3) is 16.8 Å². The third-order valence-electron chi connectivity index (χ3n) is 6.14. The van der Waals surface area contributed by atoms with Gasteiger partial charge in [-0.3, -0.25) is 19.3 Å². The molecule has 8 nitrogen and oxygen atoms in total. The quantitative estimate of drug-likeness (QED) is 0.456. The van der Waals surface area contributed by atoms with Crippen LogP contribution in [0, 0.1) is 5.82 Å². The summed E-state index contributed by atoms with van der Waals surface area (Å²) < 4.78 is 15.7. The van der Waals surface area contributed by atoms with Gasteiger partial charge in [0.1, 0.15) is 12.1 Å². The molecule has 2 aliphatic heterocycles. The van der Waals surface area contributed by atoms with Gasteiger partial charge in [-0.05, 0) is 48.0 Å². The third-order valence-corrected chi connectivity index (χ3v) is 6.48. The number of halogens is 2. The number of hydrogen-bond acceptors (Lipinski definition) is 5. The molecule has 168 valence electrons. The Labute approximate surface area is 197 Å². The number of carbonyl (C=O) groups is 3.